The van der Waals surface area contributed by atoms with Crippen molar-refractivity contribution in [3.05, 3.63) is 0 Å². The Bertz CT molecular complexity index is 150. The van der Waals surface area contributed by atoms with Crippen LogP contribution < -0.4 is 0 Å². The molecule has 1 aliphatic rings. The minimum atomic E-state index is 0.169. The fourth-order valence-electron chi connectivity index (χ4n) is 2.12. The Morgan fingerprint density at radius 3 is 2.15 bits per heavy atom. The van der Waals surface area contributed by atoms with E-state index in [9.17, 15) is 0 Å². The zero-order valence-corrected chi connectivity index (χ0v) is 9.47. The molecule has 0 aromatic heterocycles. The summed E-state index contributed by atoms with van der Waals surface area (Å²) in [5.74, 6) is 0. The summed E-state index contributed by atoms with van der Waals surface area (Å²) < 4.78 is 5.55. The molecule has 2 atom stereocenters. The van der Waals surface area contributed by atoms with E-state index in [-0.39, 0.29) is 5.60 Å². The van der Waals surface area contributed by atoms with Gasteiger partial charge in [0.25, 0.3) is 0 Å². The van der Waals surface area contributed by atoms with Gasteiger partial charge < -0.3 is 4.74 Å². The lowest BCUT2D eigenvalue weighted by atomic mass is 9.96. The molecule has 1 saturated heterocycles. The molecule has 1 fully saturated rings. The van der Waals surface area contributed by atoms with Gasteiger partial charge in [-0.1, -0.05) is 27.2 Å². The average Bonchev–Trinajstić information content (AvgIpc) is 2.85. The maximum Gasteiger partial charge on any atom is 0.104 e. The highest BCUT2D eigenvalue weighted by Crippen LogP contribution is 2.35. The van der Waals surface area contributed by atoms with Crippen molar-refractivity contribution in [2.75, 3.05) is 19.7 Å². The van der Waals surface area contributed by atoms with Gasteiger partial charge in [-0.3, -0.25) is 4.90 Å². The van der Waals surface area contributed by atoms with Crippen LogP contribution in [0.1, 0.15) is 40.5 Å². The summed E-state index contributed by atoms with van der Waals surface area (Å²) in [6, 6.07) is 0.632. The van der Waals surface area contributed by atoms with Gasteiger partial charge in [-0.05, 0) is 26.4 Å². The van der Waals surface area contributed by atoms with Gasteiger partial charge in [-0.25, -0.2) is 0 Å². The summed E-state index contributed by atoms with van der Waals surface area (Å²) in [6.45, 7) is 12.2. The Hall–Kier alpha value is -0.0800. The molecule has 0 radical (unpaired) electrons. The zero-order chi connectivity index (χ0) is 9.90. The van der Waals surface area contributed by atoms with Gasteiger partial charge in [0.05, 0.1) is 6.61 Å². The molecule has 2 unspecified atom stereocenters. The smallest absolute Gasteiger partial charge is 0.104 e. The Kier molecular flexibility index (Phi) is 3.74. The number of nitrogens with zero attached hydrogens (tertiary/aromatic N) is 1. The molecule has 0 aromatic rings. The van der Waals surface area contributed by atoms with Gasteiger partial charge in [0.2, 0.25) is 0 Å². The van der Waals surface area contributed by atoms with Crippen LogP contribution in [0.25, 0.3) is 0 Å². The summed E-state index contributed by atoms with van der Waals surface area (Å²) in [5.41, 5.74) is 0.169. The second-order valence-corrected chi connectivity index (χ2v) is 4.13. The van der Waals surface area contributed by atoms with Crippen LogP contribution in [0.2, 0.25) is 0 Å². The maximum absolute atomic E-state index is 5.55. The number of epoxide rings is 1. The molecule has 0 spiro atoms. The van der Waals surface area contributed by atoms with Crippen molar-refractivity contribution in [1.29, 1.82) is 0 Å². The molecule has 0 aromatic carbocycles. The molecular weight excluding hydrogens is 162 g/mol. The van der Waals surface area contributed by atoms with Crippen LogP contribution >= 0.6 is 0 Å². The number of ether oxygens (including phenoxy) is 1. The number of hydrogen-bond donors (Lipinski definition) is 0. The molecule has 0 aliphatic carbocycles. The van der Waals surface area contributed by atoms with Crippen molar-refractivity contribution in [2.24, 2.45) is 0 Å². The highest BCUT2D eigenvalue weighted by Gasteiger charge is 2.48. The normalized spacial score (nSPS) is 29.3. The van der Waals surface area contributed by atoms with Crippen LogP contribution in [0.3, 0.4) is 0 Å². The lowest BCUT2D eigenvalue weighted by Gasteiger charge is -2.32. The average molecular weight is 185 g/mol. The number of rotatable bonds is 6. The molecule has 1 aliphatic heterocycles. The molecular formula is C11H23NO. The van der Waals surface area contributed by atoms with E-state index >= 15 is 0 Å². The van der Waals surface area contributed by atoms with Crippen molar-refractivity contribution >= 4 is 0 Å². The minimum absolute atomic E-state index is 0.169. The third-order valence-electron chi connectivity index (χ3n) is 3.12. The molecule has 0 bridgehead atoms. The van der Waals surface area contributed by atoms with Crippen LogP contribution in [-0.2, 0) is 4.74 Å². The van der Waals surface area contributed by atoms with E-state index in [0.717, 1.165) is 19.7 Å². The van der Waals surface area contributed by atoms with Gasteiger partial charge in [0, 0.05) is 6.04 Å². The minimum Gasteiger partial charge on any atom is -0.368 e. The van der Waals surface area contributed by atoms with E-state index in [1.165, 1.54) is 12.8 Å². The fraction of sp³-hybridized carbons (Fsp3) is 1.00. The third-order valence-corrected chi connectivity index (χ3v) is 3.12. The van der Waals surface area contributed by atoms with Gasteiger partial charge in [0.1, 0.15) is 5.60 Å². The molecule has 1 heterocycles. The fourth-order valence-corrected chi connectivity index (χ4v) is 2.12. The second-order valence-electron chi connectivity index (χ2n) is 4.13. The predicted octanol–water partition coefficient (Wildman–Crippen LogP) is 2.29. The van der Waals surface area contributed by atoms with Crippen molar-refractivity contribution < 1.29 is 4.74 Å². The van der Waals surface area contributed by atoms with Crippen LogP contribution in [0.15, 0.2) is 0 Å². The van der Waals surface area contributed by atoms with E-state index in [2.05, 4.69) is 32.6 Å². The zero-order valence-electron chi connectivity index (χ0n) is 9.47. The van der Waals surface area contributed by atoms with E-state index in [1.807, 2.05) is 0 Å². The first-order valence-electron chi connectivity index (χ1n) is 5.56. The third kappa shape index (κ3) is 2.44. The Morgan fingerprint density at radius 1 is 1.31 bits per heavy atom. The van der Waals surface area contributed by atoms with Crippen LogP contribution in [0.5, 0.6) is 0 Å². The molecule has 0 N–H and O–H groups in total. The number of likely N-dealkylation sites (N-methyl/N-ethyl adjacent to an activating group) is 1. The van der Waals surface area contributed by atoms with E-state index < -0.39 is 0 Å². The van der Waals surface area contributed by atoms with Gasteiger partial charge in [-0.15, -0.1) is 0 Å². The quantitative estimate of drug-likeness (QED) is 0.590. The van der Waals surface area contributed by atoms with E-state index in [4.69, 9.17) is 4.74 Å². The SMILES string of the molecule is CCCC(N(CC)CC)C1(C)CO1. The van der Waals surface area contributed by atoms with Gasteiger partial charge in [-0.2, -0.15) is 0 Å². The second kappa shape index (κ2) is 4.43. The monoisotopic (exact) mass is 185 g/mol. The molecule has 0 amide bonds. The highest BCUT2D eigenvalue weighted by molar-refractivity contribution is 4.99. The lowest BCUT2D eigenvalue weighted by molar-refractivity contribution is 0.118. The first-order chi connectivity index (χ1) is 6.18. The topological polar surface area (TPSA) is 15.8 Å². The Balaban J connectivity index is 2.55. The van der Waals surface area contributed by atoms with Crippen molar-refractivity contribution in [3.63, 3.8) is 0 Å². The highest BCUT2D eigenvalue weighted by atomic mass is 16.6. The summed E-state index contributed by atoms with van der Waals surface area (Å²) in [5, 5.41) is 0. The van der Waals surface area contributed by atoms with E-state index in [1.54, 1.807) is 0 Å². The van der Waals surface area contributed by atoms with E-state index in [0.29, 0.717) is 6.04 Å². The largest absolute Gasteiger partial charge is 0.368 e. The molecule has 2 heteroatoms. The number of hydrogen-bond acceptors (Lipinski definition) is 2. The van der Waals surface area contributed by atoms with Crippen LogP contribution in [-0.4, -0.2) is 36.2 Å². The molecule has 2 nitrogen and oxygen atoms in total. The van der Waals surface area contributed by atoms with Crippen LogP contribution in [0, 0.1) is 0 Å². The van der Waals surface area contributed by atoms with Gasteiger partial charge >= 0.3 is 0 Å². The summed E-state index contributed by atoms with van der Waals surface area (Å²) in [6.07, 6.45) is 2.51. The Labute approximate surface area is 82.3 Å². The molecule has 13 heavy (non-hydrogen) atoms. The standard InChI is InChI=1S/C11H23NO/c1-5-8-10(11(4)9-13-11)12(6-2)7-3/h10H,5-9H2,1-4H3. The summed E-state index contributed by atoms with van der Waals surface area (Å²) in [4.78, 5) is 2.52. The lowest BCUT2D eigenvalue weighted by Crippen LogP contribution is -2.44. The first-order valence-corrected chi connectivity index (χ1v) is 5.56. The van der Waals surface area contributed by atoms with Crippen molar-refractivity contribution in [3.8, 4) is 0 Å². The van der Waals surface area contributed by atoms with Gasteiger partial charge in [0.15, 0.2) is 0 Å². The van der Waals surface area contributed by atoms with Crippen molar-refractivity contribution in [1.82, 2.24) is 4.90 Å². The van der Waals surface area contributed by atoms with Crippen molar-refractivity contribution in [2.45, 2.75) is 52.2 Å². The summed E-state index contributed by atoms with van der Waals surface area (Å²) >= 11 is 0. The molecule has 0 saturated carbocycles. The first kappa shape index (κ1) is 11.0. The van der Waals surface area contributed by atoms with Crippen LogP contribution in [0.4, 0.5) is 0 Å². The molecule has 78 valence electrons. The predicted molar refractivity (Wildman–Crippen MR) is 56.0 cm³/mol. The maximum atomic E-state index is 5.55. The Morgan fingerprint density at radius 2 is 1.85 bits per heavy atom. The molecule has 1 rings (SSSR count). The summed E-state index contributed by atoms with van der Waals surface area (Å²) in [7, 11) is 0.